The van der Waals surface area contributed by atoms with E-state index in [1.165, 1.54) is 36.4 Å². The second-order valence-corrected chi connectivity index (χ2v) is 8.99. The number of ketones is 1. The molecule has 2 N–H and O–H groups in total. The minimum atomic E-state index is -4.57. The number of rotatable bonds is 4. The third-order valence-corrected chi connectivity index (χ3v) is 6.54. The SMILES string of the molecule is O=C1C(=O)N(Cc2cccc(C(F)(F)F)c2)C(c2ccc(O)cc2)/C1=C(/O)c1ccc2c(c1)CCCO2. The first-order chi connectivity index (χ1) is 17.6. The molecule has 0 saturated carbocycles. The lowest BCUT2D eigenvalue weighted by molar-refractivity contribution is -0.140. The van der Waals surface area contributed by atoms with Crippen molar-refractivity contribution in [1.29, 1.82) is 0 Å². The fourth-order valence-electron chi connectivity index (χ4n) is 4.75. The van der Waals surface area contributed by atoms with Crippen LogP contribution in [-0.2, 0) is 28.7 Å². The smallest absolute Gasteiger partial charge is 0.416 e. The van der Waals surface area contributed by atoms with Crippen LogP contribution in [0.4, 0.5) is 13.2 Å². The van der Waals surface area contributed by atoms with Crippen molar-refractivity contribution in [2.24, 2.45) is 0 Å². The van der Waals surface area contributed by atoms with E-state index in [1.807, 2.05) is 0 Å². The van der Waals surface area contributed by atoms with Crippen molar-refractivity contribution in [2.75, 3.05) is 6.61 Å². The highest BCUT2D eigenvalue weighted by atomic mass is 19.4. The monoisotopic (exact) mass is 509 g/mol. The van der Waals surface area contributed by atoms with Crippen molar-refractivity contribution in [3.05, 3.63) is 100 Å². The zero-order valence-corrected chi connectivity index (χ0v) is 19.5. The van der Waals surface area contributed by atoms with E-state index < -0.39 is 35.2 Å². The van der Waals surface area contributed by atoms with Gasteiger partial charge in [-0.15, -0.1) is 0 Å². The maximum absolute atomic E-state index is 13.3. The van der Waals surface area contributed by atoms with Gasteiger partial charge in [0.25, 0.3) is 11.7 Å². The van der Waals surface area contributed by atoms with E-state index in [0.29, 0.717) is 23.5 Å². The zero-order chi connectivity index (χ0) is 26.3. The van der Waals surface area contributed by atoms with Gasteiger partial charge in [0.2, 0.25) is 0 Å². The summed E-state index contributed by atoms with van der Waals surface area (Å²) in [5.41, 5.74) is 0.705. The molecule has 0 aromatic heterocycles. The van der Waals surface area contributed by atoms with Gasteiger partial charge in [-0.1, -0.05) is 24.3 Å². The number of hydrogen-bond donors (Lipinski definition) is 2. The Bertz CT molecular complexity index is 1410. The molecule has 0 aliphatic carbocycles. The Balaban J connectivity index is 1.61. The summed E-state index contributed by atoms with van der Waals surface area (Å²) < 4.78 is 45.4. The van der Waals surface area contributed by atoms with E-state index in [2.05, 4.69) is 0 Å². The van der Waals surface area contributed by atoms with Gasteiger partial charge < -0.3 is 19.8 Å². The van der Waals surface area contributed by atoms with Gasteiger partial charge in [-0.25, -0.2) is 0 Å². The number of benzene rings is 3. The van der Waals surface area contributed by atoms with Gasteiger partial charge in [0.1, 0.15) is 17.3 Å². The quantitative estimate of drug-likeness (QED) is 0.281. The average molecular weight is 509 g/mol. The number of carbonyl (C=O) groups excluding carboxylic acids is 2. The molecule has 3 aromatic rings. The van der Waals surface area contributed by atoms with E-state index in [9.17, 15) is 33.0 Å². The number of ether oxygens (including phenoxy) is 1. The largest absolute Gasteiger partial charge is 0.508 e. The molecule has 1 saturated heterocycles. The fraction of sp³-hybridized carbons (Fsp3) is 0.214. The Labute approximate surface area is 210 Å². The third kappa shape index (κ3) is 4.64. The zero-order valence-electron chi connectivity index (χ0n) is 19.5. The van der Waals surface area contributed by atoms with Crippen LogP contribution in [0.25, 0.3) is 5.76 Å². The highest BCUT2D eigenvalue weighted by Crippen LogP contribution is 2.41. The summed E-state index contributed by atoms with van der Waals surface area (Å²) >= 11 is 0. The van der Waals surface area contributed by atoms with E-state index in [0.717, 1.165) is 35.4 Å². The molecule has 6 nitrogen and oxygen atoms in total. The van der Waals surface area contributed by atoms with Crippen molar-refractivity contribution in [3.8, 4) is 11.5 Å². The number of likely N-dealkylation sites (tertiary alicyclic amines) is 1. The van der Waals surface area contributed by atoms with E-state index in [-0.39, 0.29) is 23.4 Å². The van der Waals surface area contributed by atoms with Gasteiger partial charge in [0.05, 0.1) is 23.8 Å². The molecule has 5 rings (SSSR count). The molecule has 190 valence electrons. The number of aliphatic hydroxyl groups is 1. The average Bonchev–Trinajstić information content (AvgIpc) is 3.13. The van der Waals surface area contributed by atoms with Gasteiger partial charge in [0.15, 0.2) is 0 Å². The minimum absolute atomic E-state index is 0.0479. The van der Waals surface area contributed by atoms with Gasteiger partial charge in [-0.3, -0.25) is 9.59 Å². The Morgan fingerprint density at radius 3 is 2.51 bits per heavy atom. The van der Waals surface area contributed by atoms with E-state index >= 15 is 0 Å². The van der Waals surface area contributed by atoms with Gasteiger partial charge in [-0.2, -0.15) is 13.2 Å². The van der Waals surface area contributed by atoms with Crippen molar-refractivity contribution in [3.63, 3.8) is 0 Å². The number of aryl methyl sites for hydroxylation is 1. The van der Waals surface area contributed by atoms with E-state index in [1.54, 1.807) is 18.2 Å². The Morgan fingerprint density at radius 1 is 1.03 bits per heavy atom. The number of amides is 1. The van der Waals surface area contributed by atoms with Crippen molar-refractivity contribution in [2.45, 2.75) is 31.6 Å². The molecule has 3 aromatic carbocycles. The summed E-state index contributed by atoms with van der Waals surface area (Å²) in [7, 11) is 0. The number of Topliss-reactive ketones (excluding diaryl/α,β-unsaturated/α-hetero) is 1. The second kappa shape index (κ2) is 9.31. The first kappa shape index (κ1) is 24.4. The number of carbonyl (C=O) groups is 2. The maximum Gasteiger partial charge on any atom is 0.416 e. The van der Waals surface area contributed by atoms with Crippen LogP contribution >= 0.6 is 0 Å². The number of hydrogen-bond acceptors (Lipinski definition) is 5. The molecule has 1 fully saturated rings. The predicted octanol–water partition coefficient (Wildman–Crippen LogP) is 5.36. The molecular weight excluding hydrogens is 487 g/mol. The molecule has 0 radical (unpaired) electrons. The van der Waals surface area contributed by atoms with Gasteiger partial charge >= 0.3 is 6.18 Å². The summed E-state index contributed by atoms with van der Waals surface area (Å²) in [5.74, 6) is -1.65. The third-order valence-electron chi connectivity index (χ3n) is 6.54. The van der Waals surface area contributed by atoms with Crippen molar-refractivity contribution in [1.82, 2.24) is 4.90 Å². The second-order valence-electron chi connectivity index (χ2n) is 8.99. The fourth-order valence-corrected chi connectivity index (χ4v) is 4.75. The van der Waals surface area contributed by atoms with Gasteiger partial charge in [0, 0.05) is 12.1 Å². The Hall–Kier alpha value is -4.27. The summed E-state index contributed by atoms with van der Waals surface area (Å²) in [4.78, 5) is 27.5. The van der Waals surface area contributed by atoms with Crippen LogP contribution in [0.3, 0.4) is 0 Å². The number of fused-ring (bicyclic) bond motifs is 1. The minimum Gasteiger partial charge on any atom is -0.508 e. The first-order valence-electron chi connectivity index (χ1n) is 11.6. The molecule has 1 atom stereocenters. The Kier molecular flexibility index (Phi) is 6.15. The number of halogens is 3. The lowest BCUT2D eigenvalue weighted by atomic mass is 9.94. The van der Waals surface area contributed by atoms with Crippen LogP contribution in [-0.4, -0.2) is 33.4 Å². The van der Waals surface area contributed by atoms with Crippen LogP contribution in [0, 0.1) is 0 Å². The summed E-state index contributed by atoms with van der Waals surface area (Å²) in [6.07, 6.45) is -3.05. The molecular formula is C28H22F3NO5. The highest BCUT2D eigenvalue weighted by molar-refractivity contribution is 6.46. The van der Waals surface area contributed by atoms with Crippen molar-refractivity contribution < 1.29 is 37.7 Å². The number of alkyl halides is 3. The molecule has 37 heavy (non-hydrogen) atoms. The number of nitrogens with zero attached hydrogens (tertiary/aromatic N) is 1. The number of phenolic OH excluding ortho intramolecular Hbond substituents is 1. The first-order valence-corrected chi connectivity index (χ1v) is 11.6. The molecule has 0 bridgehead atoms. The topological polar surface area (TPSA) is 87.1 Å². The van der Waals surface area contributed by atoms with Crippen LogP contribution in [0.1, 0.15) is 40.3 Å². The van der Waals surface area contributed by atoms with Crippen molar-refractivity contribution >= 4 is 17.4 Å². The Morgan fingerprint density at radius 2 is 1.78 bits per heavy atom. The molecule has 2 aliphatic heterocycles. The molecule has 9 heteroatoms. The summed E-state index contributed by atoms with van der Waals surface area (Å²) in [6.45, 7) is 0.286. The maximum atomic E-state index is 13.3. The summed E-state index contributed by atoms with van der Waals surface area (Å²) in [6, 6.07) is 14.2. The standard InChI is InChI=1S/C28H22F3NO5/c29-28(30,31)20-5-1-3-16(13-20)15-32-24(17-6-9-21(33)10-7-17)23(26(35)27(32)36)25(34)19-8-11-22-18(14-19)4-2-12-37-22/h1,3,5-11,13-14,24,33-34H,2,4,12,15H2/b25-23-. The van der Waals surface area contributed by atoms with Crippen LogP contribution in [0.5, 0.6) is 11.5 Å². The number of aliphatic hydroxyl groups excluding tert-OH is 1. The molecule has 1 amide bonds. The number of phenols is 1. The van der Waals surface area contributed by atoms with Gasteiger partial charge in [-0.05, 0) is 72.0 Å². The van der Waals surface area contributed by atoms with Crippen LogP contribution in [0.15, 0.2) is 72.3 Å². The van der Waals surface area contributed by atoms with Crippen LogP contribution < -0.4 is 4.74 Å². The van der Waals surface area contributed by atoms with E-state index in [4.69, 9.17) is 4.74 Å². The highest BCUT2D eigenvalue weighted by Gasteiger charge is 2.46. The molecule has 2 heterocycles. The summed E-state index contributed by atoms with van der Waals surface area (Å²) in [5, 5.41) is 21.0. The normalized spacial score (nSPS) is 19.0. The molecule has 1 unspecified atom stereocenters. The molecule has 0 spiro atoms. The molecule has 2 aliphatic rings. The number of aromatic hydroxyl groups is 1. The lowest BCUT2D eigenvalue weighted by Gasteiger charge is -2.26. The predicted molar refractivity (Wildman–Crippen MR) is 128 cm³/mol. The lowest BCUT2D eigenvalue weighted by Crippen LogP contribution is -2.29. The van der Waals surface area contributed by atoms with Crippen LogP contribution in [0.2, 0.25) is 0 Å².